The molecule has 3 N–H and O–H groups in total. The highest BCUT2D eigenvalue weighted by Crippen LogP contribution is 2.60. The van der Waals surface area contributed by atoms with Crippen LogP contribution in [-0.4, -0.2) is 36.3 Å². The van der Waals surface area contributed by atoms with E-state index in [1.807, 2.05) is 30.3 Å². The molecule has 1 aromatic carbocycles. The number of rotatable bonds is 8. The second-order valence-corrected chi connectivity index (χ2v) is 10.5. The Labute approximate surface area is 183 Å². The lowest BCUT2D eigenvalue weighted by atomic mass is 9.49. The Kier molecular flexibility index (Phi) is 5.49. The van der Waals surface area contributed by atoms with Crippen LogP contribution in [0.4, 0.5) is 0 Å². The summed E-state index contributed by atoms with van der Waals surface area (Å²) in [6, 6.07) is 9.31. The number of amides is 3. The molecule has 5 aliphatic carbocycles. The number of nitrogens with one attached hydrogen (secondary N) is 3. The molecule has 0 aliphatic heterocycles. The van der Waals surface area contributed by atoms with Crippen LogP contribution in [0.2, 0.25) is 0 Å². The maximum absolute atomic E-state index is 13.1. The summed E-state index contributed by atoms with van der Waals surface area (Å²) >= 11 is 0. The number of carbonyl (C=O) groups is 3. The van der Waals surface area contributed by atoms with E-state index in [0.29, 0.717) is 24.2 Å². The van der Waals surface area contributed by atoms with Gasteiger partial charge in [0.1, 0.15) is 6.04 Å². The molecule has 0 aromatic heterocycles. The monoisotopic (exact) mass is 423 g/mol. The highest BCUT2D eigenvalue weighted by atomic mass is 16.2. The zero-order valence-corrected chi connectivity index (χ0v) is 18.1. The normalized spacial score (nSPS) is 31.7. The lowest BCUT2D eigenvalue weighted by molar-refractivity contribution is -0.147. The summed E-state index contributed by atoms with van der Waals surface area (Å²) in [7, 11) is 0. The molecule has 6 rings (SSSR count). The minimum absolute atomic E-state index is 0.0452. The molecular weight excluding hydrogens is 390 g/mol. The highest BCUT2D eigenvalue weighted by molar-refractivity contribution is 5.91. The van der Waals surface area contributed by atoms with Crippen molar-refractivity contribution in [1.29, 1.82) is 0 Å². The lowest BCUT2D eigenvalue weighted by Crippen LogP contribution is -2.55. The summed E-state index contributed by atoms with van der Waals surface area (Å²) in [5.74, 6) is 1.66. The minimum atomic E-state index is -0.632. The molecule has 5 saturated carbocycles. The van der Waals surface area contributed by atoms with E-state index in [2.05, 4.69) is 16.0 Å². The van der Waals surface area contributed by atoms with Crippen molar-refractivity contribution in [2.24, 2.45) is 23.2 Å². The van der Waals surface area contributed by atoms with Crippen LogP contribution in [0.3, 0.4) is 0 Å². The summed E-state index contributed by atoms with van der Waals surface area (Å²) in [6.45, 7) is -0.0669. The standard InChI is InChI=1S/C25H33N3O3/c29-22(15-26-24(31)25-12-17-8-18(13-25)10-19(9-17)14-25)28-21(23(30)27-20-6-7-20)11-16-4-2-1-3-5-16/h1-5,17-21H,6-15H2,(H,26,31)(H,27,30)(H,28,29). The van der Waals surface area contributed by atoms with E-state index in [-0.39, 0.29) is 35.7 Å². The minimum Gasteiger partial charge on any atom is -0.352 e. The quantitative estimate of drug-likeness (QED) is 0.600. The average molecular weight is 424 g/mol. The number of benzene rings is 1. The van der Waals surface area contributed by atoms with Crippen LogP contribution >= 0.6 is 0 Å². The van der Waals surface area contributed by atoms with Gasteiger partial charge in [0.15, 0.2) is 0 Å². The van der Waals surface area contributed by atoms with Crippen LogP contribution in [0.25, 0.3) is 0 Å². The van der Waals surface area contributed by atoms with E-state index in [1.165, 1.54) is 19.3 Å². The van der Waals surface area contributed by atoms with Gasteiger partial charge in [-0.25, -0.2) is 0 Å². The van der Waals surface area contributed by atoms with Gasteiger partial charge in [-0.15, -0.1) is 0 Å². The fourth-order valence-electron chi connectivity index (χ4n) is 6.57. The SMILES string of the molecule is O=C(CNC(=O)C12CC3CC(CC(C3)C1)C2)NC(Cc1ccccc1)C(=O)NC1CC1. The molecule has 31 heavy (non-hydrogen) atoms. The van der Waals surface area contributed by atoms with Crippen LogP contribution in [0.15, 0.2) is 30.3 Å². The largest absolute Gasteiger partial charge is 0.352 e. The van der Waals surface area contributed by atoms with Crippen LogP contribution in [0.1, 0.15) is 56.9 Å². The van der Waals surface area contributed by atoms with Crippen molar-refractivity contribution in [3.8, 4) is 0 Å². The molecule has 0 heterocycles. The van der Waals surface area contributed by atoms with Gasteiger partial charge in [0.25, 0.3) is 0 Å². The van der Waals surface area contributed by atoms with Gasteiger partial charge in [0, 0.05) is 17.9 Å². The maximum Gasteiger partial charge on any atom is 0.243 e. The number of carbonyl (C=O) groups excluding carboxylic acids is 3. The third-order valence-corrected chi connectivity index (χ3v) is 7.79. The average Bonchev–Trinajstić information content (AvgIpc) is 3.55. The van der Waals surface area contributed by atoms with Crippen molar-refractivity contribution >= 4 is 17.7 Å². The molecule has 166 valence electrons. The molecule has 6 heteroatoms. The number of hydrogen-bond donors (Lipinski definition) is 3. The van der Waals surface area contributed by atoms with Crippen LogP contribution in [0.5, 0.6) is 0 Å². The predicted molar refractivity (Wildman–Crippen MR) is 117 cm³/mol. The first-order chi connectivity index (χ1) is 15.0. The van der Waals surface area contributed by atoms with Gasteiger partial charge in [-0.3, -0.25) is 14.4 Å². The summed E-state index contributed by atoms with van der Waals surface area (Å²) in [5, 5.41) is 8.77. The maximum atomic E-state index is 13.1. The molecule has 1 atom stereocenters. The van der Waals surface area contributed by atoms with Gasteiger partial charge in [-0.1, -0.05) is 30.3 Å². The summed E-state index contributed by atoms with van der Waals surface area (Å²) < 4.78 is 0. The van der Waals surface area contributed by atoms with Crippen LogP contribution in [-0.2, 0) is 20.8 Å². The first-order valence-corrected chi connectivity index (χ1v) is 11.9. The van der Waals surface area contributed by atoms with E-state index in [9.17, 15) is 14.4 Å². The van der Waals surface area contributed by atoms with Crippen LogP contribution in [0, 0.1) is 23.2 Å². The predicted octanol–water partition coefficient (Wildman–Crippen LogP) is 2.33. The van der Waals surface area contributed by atoms with Gasteiger partial charge in [0.2, 0.25) is 17.7 Å². The molecule has 1 aromatic rings. The van der Waals surface area contributed by atoms with E-state index < -0.39 is 6.04 Å². The molecule has 6 nitrogen and oxygen atoms in total. The van der Waals surface area contributed by atoms with Gasteiger partial charge in [-0.2, -0.15) is 0 Å². The summed E-state index contributed by atoms with van der Waals surface area (Å²) in [5.41, 5.74) is 0.735. The van der Waals surface area contributed by atoms with Gasteiger partial charge in [0.05, 0.1) is 6.54 Å². The Hall–Kier alpha value is -2.37. The van der Waals surface area contributed by atoms with Crippen molar-refractivity contribution in [1.82, 2.24) is 16.0 Å². The number of hydrogen-bond acceptors (Lipinski definition) is 3. The van der Waals surface area contributed by atoms with Gasteiger partial charge in [-0.05, 0) is 74.7 Å². The smallest absolute Gasteiger partial charge is 0.243 e. The highest BCUT2D eigenvalue weighted by Gasteiger charge is 2.54. The third-order valence-electron chi connectivity index (χ3n) is 7.79. The summed E-state index contributed by atoms with van der Waals surface area (Å²) in [4.78, 5) is 38.5. The molecule has 0 spiro atoms. The third kappa shape index (κ3) is 4.63. The molecule has 0 saturated heterocycles. The molecule has 5 fully saturated rings. The second-order valence-electron chi connectivity index (χ2n) is 10.5. The Morgan fingerprint density at radius 1 is 0.935 bits per heavy atom. The molecule has 1 unspecified atom stereocenters. The van der Waals surface area contributed by atoms with E-state index in [4.69, 9.17) is 0 Å². The van der Waals surface area contributed by atoms with E-state index in [1.54, 1.807) is 0 Å². The Balaban J connectivity index is 1.17. The Bertz CT molecular complexity index is 814. The molecular formula is C25H33N3O3. The fraction of sp³-hybridized carbons (Fsp3) is 0.640. The molecule has 5 aliphatic rings. The van der Waals surface area contributed by atoms with Crippen LogP contribution < -0.4 is 16.0 Å². The van der Waals surface area contributed by atoms with Gasteiger partial charge >= 0.3 is 0 Å². The second kappa shape index (κ2) is 8.29. The molecule has 3 amide bonds. The topological polar surface area (TPSA) is 87.3 Å². The van der Waals surface area contributed by atoms with E-state index in [0.717, 1.165) is 37.7 Å². The zero-order chi connectivity index (χ0) is 21.4. The molecule has 4 bridgehead atoms. The first-order valence-electron chi connectivity index (χ1n) is 11.9. The van der Waals surface area contributed by atoms with Crippen molar-refractivity contribution in [2.75, 3.05) is 6.54 Å². The van der Waals surface area contributed by atoms with Crippen molar-refractivity contribution in [2.45, 2.75) is 69.9 Å². The Morgan fingerprint density at radius 2 is 1.55 bits per heavy atom. The van der Waals surface area contributed by atoms with E-state index >= 15 is 0 Å². The molecule has 0 radical (unpaired) electrons. The Morgan fingerprint density at radius 3 is 2.13 bits per heavy atom. The van der Waals surface area contributed by atoms with Crippen molar-refractivity contribution < 1.29 is 14.4 Å². The first kappa shape index (κ1) is 20.5. The van der Waals surface area contributed by atoms with Crippen molar-refractivity contribution in [3.63, 3.8) is 0 Å². The van der Waals surface area contributed by atoms with Gasteiger partial charge < -0.3 is 16.0 Å². The zero-order valence-electron chi connectivity index (χ0n) is 18.1. The lowest BCUT2D eigenvalue weighted by Gasteiger charge is -2.55. The summed E-state index contributed by atoms with van der Waals surface area (Å²) in [6.07, 6.45) is 9.22. The van der Waals surface area contributed by atoms with Crippen molar-refractivity contribution in [3.05, 3.63) is 35.9 Å². The fourth-order valence-corrected chi connectivity index (χ4v) is 6.57.